The van der Waals surface area contributed by atoms with Crippen molar-refractivity contribution < 1.29 is 4.79 Å². The maximum absolute atomic E-state index is 11.4. The third kappa shape index (κ3) is 1.06. The Bertz CT molecular complexity index is 410. The highest BCUT2D eigenvalue weighted by Crippen LogP contribution is 2.31. The van der Waals surface area contributed by atoms with Gasteiger partial charge in [0.25, 0.3) is 0 Å². The predicted octanol–water partition coefficient (Wildman–Crippen LogP) is 0.850. The molecule has 2 aliphatic heterocycles. The smallest absolute Gasteiger partial charge is 0.231 e. The number of hydrogen-bond acceptors (Lipinski definition) is 2. The second-order valence-corrected chi connectivity index (χ2v) is 3.98. The Morgan fingerprint density at radius 2 is 2.29 bits per heavy atom. The molecule has 2 heterocycles. The van der Waals surface area contributed by atoms with Crippen LogP contribution in [0.25, 0.3) is 0 Å². The molecule has 3 nitrogen and oxygen atoms in total. The van der Waals surface area contributed by atoms with E-state index >= 15 is 0 Å². The number of carbonyl (C=O) groups excluding carboxylic acids is 1. The van der Waals surface area contributed by atoms with Crippen LogP contribution in [0.3, 0.4) is 0 Å². The lowest BCUT2D eigenvalue weighted by Crippen LogP contribution is -2.20. The fraction of sp³-hybridized carbons (Fsp3) is 0.364. The molecule has 1 atom stereocenters. The Morgan fingerprint density at radius 1 is 1.50 bits per heavy atom. The number of nitrogens with zero attached hydrogens (tertiary/aromatic N) is 1. The molecule has 72 valence electrons. The number of carbonyl (C=O) groups is 1. The summed E-state index contributed by atoms with van der Waals surface area (Å²) in [4.78, 5) is 13.2. The zero-order valence-corrected chi connectivity index (χ0v) is 8.08. The molecule has 0 bridgehead atoms. The molecule has 3 rings (SSSR count). The fourth-order valence-corrected chi connectivity index (χ4v) is 2.00. The topological polar surface area (TPSA) is 42.2 Å². The quantitative estimate of drug-likeness (QED) is 0.664. The number of hydrogen-bond donors (Lipinski definition) is 1. The first-order valence-corrected chi connectivity index (χ1v) is 4.88. The van der Waals surface area contributed by atoms with Gasteiger partial charge in [-0.1, -0.05) is 12.1 Å². The van der Waals surface area contributed by atoms with E-state index in [-0.39, 0.29) is 5.91 Å². The standard InChI is InChI=1S/C11H12N2O/c1-13-10-3-2-7(9-6-12-9)4-8(10)5-11(13)14/h2-4,9,12H,5-6H2,1H3. The summed E-state index contributed by atoms with van der Waals surface area (Å²) < 4.78 is 0. The first-order valence-electron chi connectivity index (χ1n) is 4.88. The summed E-state index contributed by atoms with van der Waals surface area (Å²) in [5, 5.41) is 3.27. The Kier molecular flexibility index (Phi) is 1.47. The van der Waals surface area contributed by atoms with Gasteiger partial charge < -0.3 is 10.2 Å². The Hall–Kier alpha value is -1.35. The van der Waals surface area contributed by atoms with Crippen LogP contribution in [0.4, 0.5) is 5.69 Å². The minimum absolute atomic E-state index is 0.195. The number of benzene rings is 1. The minimum atomic E-state index is 0.195. The normalized spacial score (nSPS) is 23.9. The van der Waals surface area contributed by atoms with Crippen molar-refractivity contribution in [2.24, 2.45) is 0 Å². The van der Waals surface area contributed by atoms with Crippen molar-refractivity contribution in [1.29, 1.82) is 0 Å². The minimum Gasteiger partial charge on any atom is -0.315 e. The molecule has 0 saturated carbocycles. The first-order chi connectivity index (χ1) is 6.75. The molecule has 1 unspecified atom stereocenters. The predicted molar refractivity (Wildman–Crippen MR) is 54.3 cm³/mol. The van der Waals surface area contributed by atoms with Crippen molar-refractivity contribution in [2.75, 3.05) is 18.5 Å². The number of rotatable bonds is 1. The molecule has 1 aromatic carbocycles. The summed E-state index contributed by atoms with van der Waals surface area (Å²) in [6.45, 7) is 1.07. The molecular weight excluding hydrogens is 176 g/mol. The number of anilines is 1. The average Bonchev–Trinajstić information content (AvgIpc) is 2.96. The summed E-state index contributed by atoms with van der Waals surface area (Å²) in [7, 11) is 1.84. The van der Waals surface area contributed by atoms with Gasteiger partial charge in [-0.3, -0.25) is 4.79 Å². The number of likely N-dealkylation sites (N-methyl/N-ethyl adjacent to an activating group) is 1. The van der Waals surface area contributed by atoms with Gasteiger partial charge >= 0.3 is 0 Å². The van der Waals surface area contributed by atoms with Crippen LogP contribution in [0.15, 0.2) is 18.2 Å². The molecular formula is C11H12N2O. The van der Waals surface area contributed by atoms with Crippen LogP contribution in [0, 0.1) is 0 Å². The summed E-state index contributed by atoms with van der Waals surface area (Å²) in [5.41, 5.74) is 3.55. The van der Waals surface area contributed by atoms with E-state index in [4.69, 9.17) is 0 Å². The van der Waals surface area contributed by atoms with Gasteiger partial charge in [-0.2, -0.15) is 0 Å². The summed E-state index contributed by atoms with van der Waals surface area (Å²) in [6.07, 6.45) is 0.562. The SMILES string of the molecule is CN1C(=O)Cc2cc(C3CN3)ccc21. The van der Waals surface area contributed by atoms with E-state index in [1.54, 1.807) is 4.90 Å². The van der Waals surface area contributed by atoms with Gasteiger partial charge in [0.1, 0.15) is 0 Å². The van der Waals surface area contributed by atoms with E-state index in [1.807, 2.05) is 7.05 Å². The molecule has 0 spiro atoms. The molecule has 0 radical (unpaired) electrons. The van der Waals surface area contributed by atoms with Gasteiger partial charge in [-0.05, 0) is 17.2 Å². The molecule has 14 heavy (non-hydrogen) atoms. The van der Waals surface area contributed by atoms with Crippen LogP contribution in [0.5, 0.6) is 0 Å². The van der Waals surface area contributed by atoms with Gasteiger partial charge in [-0.25, -0.2) is 0 Å². The number of amides is 1. The zero-order chi connectivity index (χ0) is 9.71. The molecule has 0 aromatic heterocycles. The Morgan fingerprint density at radius 3 is 3.00 bits per heavy atom. The lowest BCUT2D eigenvalue weighted by atomic mass is 10.1. The largest absolute Gasteiger partial charge is 0.315 e. The van der Waals surface area contributed by atoms with Crippen LogP contribution >= 0.6 is 0 Å². The molecule has 1 fully saturated rings. The summed E-state index contributed by atoms with van der Waals surface area (Å²) >= 11 is 0. The van der Waals surface area contributed by atoms with Crippen molar-refractivity contribution in [3.8, 4) is 0 Å². The van der Waals surface area contributed by atoms with Crippen molar-refractivity contribution >= 4 is 11.6 Å². The highest BCUT2D eigenvalue weighted by Gasteiger charge is 2.27. The summed E-state index contributed by atoms with van der Waals surface area (Å²) in [5.74, 6) is 0.195. The van der Waals surface area contributed by atoms with E-state index in [9.17, 15) is 4.79 Å². The van der Waals surface area contributed by atoms with E-state index in [2.05, 4.69) is 23.5 Å². The molecule has 1 N–H and O–H groups in total. The Labute approximate surface area is 82.7 Å². The molecule has 1 saturated heterocycles. The number of fused-ring (bicyclic) bond motifs is 1. The van der Waals surface area contributed by atoms with Crippen LogP contribution in [-0.2, 0) is 11.2 Å². The molecule has 0 aliphatic carbocycles. The highest BCUT2D eigenvalue weighted by molar-refractivity contribution is 6.00. The second kappa shape index (κ2) is 2.58. The lowest BCUT2D eigenvalue weighted by Gasteiger charge is -2.09. The fourth-order valence-electron chi connectivity index (χ4n) is 2.00. The number of nitrogens with one attached hydrogen (secondary N) is 1. The summed E-state index contributed by atoms with van der Waals surface area (Å²) in [6, 6.07) is 6.84. The van der Waals surface area contributed by atoms with Crippen LogP contribution in [0.2, 0.25) is 0 Å². The maximum Gasteiger partial charge on any atom is 0.231 e. The molecule has 1 amide bonds. The van der Waals surface area contributed by atoms with E-state index in [1.165, 1.54) is 11.1 Å². The first kappa shape index (κ1) is 8.00. The third-order valence-corrected chi connectivity index (χ3v) is 2.99. The molecule has 1 aromatic rings. The van der Waals surface area contributed by atoms with Gasteiger partial charge in [0.15, 0.2) is 0 Å². The Balaban J connectivity index is 2.04. The third-order valence-electron chi connectivity index (χ3n) is 2.99. The van der Waals surface area contributed by atoms with Crippen LogP contribution in [-0.4, -0.2) is 19.5 Å². The van der Waals surface area contributed by atoms with Gasteiger partial charge in [-0.15, -0.1) is 0 Å². The average molecular weight is 188 g/mol. The maximum atomic E-state index is 11.4. The van der Waals surface area contributed by atoms with E-state index in [0.717, 1.165) is 12.2 Å². The van der Waals surface area contributed by atoms with Gasteiger partial charge in [0, 0.05) is 25.3 Å². The van der Waals surface area contributed by atoms with Crippen molar-refractivity contribution in [3.63, 3.8) is 0 Å². The lowest BCUT2D eigenvalue weighted by molar-refractivity contribution is -0.117. The van der Waals surface area contributed by atoms with Gasteiger partial charge in [0.05, 0.1) is 6.42 Å². The zero-order valence-electron chi connectivity index (χ0n) is 8.08. The van der Waals surface area contributed by atoms with Crippen LogP contribution in [0.1, 0.15) is 17.2 Å². The monoisotopic (exact) mass is 188 g/mol. The van der Waals surface area contributed by atoms with Gasteiger partial charge in [0.2, 0.25) is 5.91 Å². The van der Waals surface area contributed by atoms with E-state index in [0.29, 0.717) is 12.5 Å². The van der Waals surface area contributed by atoms with Crippen molar-refractivity contribution in [3.05, 3.63) is 29.3 Å². The second-order valence-electron chi connectivity index (χ2n) is 3.98. The van der Waals surface area contributed by atoms with Crippen molar-refractivity contribution in [2.45, 2.75) is 12.5 Å². The molecule has 3 heteroatoms. The van der Waals surface area contributed by atoms with Crippen LogP contribution < -0.4 is 10.2 Å². The van der Waals surface area contributed by atoms with Crippen molar-refractivity contribution in [1.82, 2.24) is 5.32 Å². The highest BCUT2D eigenvalue weighted by atomic mass is 16.2. The van der Waals surface area contributed by atoms with E-state index < -0.39 is 0 Å². The molecule has 2 aliphatic rings.